The second kappa shape index (κ2) is 4.53. The van der Waals surface area contributed by atoms with Crippen molar-refractivity contribution in [3.8, 4) is 5.69 Å². The van der Waals surface area contributed by atoms with E-state index in [2.05, 4.69) is 15.5 Å². The van der Waals surface area contributed by atoms with Crippen molar-refractivity contribution in [2.45, 2.75) is 18.9 Å². The van der Waals surface area contributed by atoms with Crippen molar-refractivity contribution >= 4 is 5.97 Å². The molecule has 0 spiro atoms. The number of benzene rings is 1. The minimum Gasteiger partial charge on any atom is -0.481 e. The number of carbonyl (C=O) groups is 1. The van der Waals surface area contributed by atoms with Crippen LogP contribution in [0.4, 0.5) is 0 Å². The van der Waals surface area contributed by atoms with Gasteiger partial charge in [-0.1, -0.05) is 12.1 Å². The van der Waals surface area contributed by atoms with E-state index < -0.39 is 11.6 Å². The Balaban J connectivity index is 2.35. The van der Waals surface area contributed by atoms with Gasteiger partial charge in [-0.3, -0.25) is 4.79 Å². The first-order chi connectivity index (χ1) is 8.49. The number of nitrogens with zero attached hydrogens (tertiary/aromatic N) is 4. The van der Waals surface area contributed by atoms with Crippen LogP contribution in [-0.4, -0.2) is 36.4 Å². The quantitative estimate of drug-likeness (QED) is 0.809. The van der Waals surface area contributed by atoms with Crippen LogP contribution in [0.15, 0.2) is 30.6 Å². The van der Waals surface area contributed by atoms with E-state index in [1.165, 1.54) is 17.9 Å². The predicted octanol–water partition coefficient (Wildman–Crippen LogP) is 0.344. The highest BCUT2D eigenvalue weighted by molar-refractivity contribution is 5.68. The van der Waals surface area contributed by atoms with Gasteiger partial charge in [-0.15, -0.1) is 5.10 Å². The van der Waals surface area contributed by atoms with Crippen LogP contribution in [0.5, 0.6) is 0 Å². The maximum Gasteiger partial charge on any atom is 0.306 e. The molecule has 7 heteroatoms. The SMILES string of the molecule is CC(O)(CC(=O)O)c1cccc(-n2cnnn2)c1. The van der Waals surface area contributed by atoms with Crippen LogP contribution in [0.3, 0.4) is 0 Å². The van der Waals surface area contributed by atoms with Crippen molar-refractivity contribution in [2.75, 3.05) is 0 Å². The van der Waals surface area contributed by atoms with Crippen molar-refractivity contribution in [3.63, 3.8) is 0 Å². The summed E-state index contributed by atoms with van der Waals surface area (Å²) in [5.74, 6) is -1.06. The second-order valence-corrected chi connectivity index (χ2v) is 4.15. The van der Waals surface area contributed by atoms with Crippen LogP contribution in [0, 0.1) is 0 Å². The Morgan fingerprint density at radius 2 is 2.28 bits per heavy atom. The van der Waals surface area contributed by atoms with E-state index in [9.17, 15) is 9.90 Å². The molecule has 1 atom stereocenters. The van der Waals surface area contributed by atoms with Crippen LogP contribution >= 0.6 is 0 Å². The third-order valence-electron chi connectivity index (χ3n) is 2.58. The number of rotatable bonds is 4. The third-order valence-corrected chi connectivity index (χ3v) is 2.58. The van der Waals surface area contributed by atoms with Crippen LogP contribution in [0.2, 0.25) is 0 Å². The minimum absolute atomic E-state index is 0.369. The second-order valence-electron chi connectivity index (χ2n) is 4.15. The van der Waals surface area contributed by atoms with Gasteiger partial charge in [0.25, 0.3) is 0 Å². The summed E-state index contributed by atoms with van der Waals surface area (Å²) in [4.78, 5) is 10.7. The molecule has 1 aromatic heterocycles. The number of carboxylic acid groups (broad SMARTS) is 1. The summed E-state index contributed by atoms with van der Waals surface area (Å²) in [6.07, 6.45) is 1.05. The average molecular weight is 248 g/mol. The molecule has 1 aromatic carbocycles. The number of aliphatic hydroxyl groups is 1. The molecule has 0 aliphatic carbocycles. The average Bonchev–Trinajstić information content (AvgIpc) is 2.81. The summed E-state index contributed by atoms with van der Waals surface area (Å²) < 4.78 is 1.43. The molecule has 7 nitrogen and oxygen atoms in total. The molecule has 0 fully saturated rings. The molecule has 0 radical (unpaired) electrons. The van der Waals surface area contributed by atoms with Crippen LogP contribution in [0.25, 0.3) is 5.69 Å². The summed E-state index contributed by atoms with van der Waals surface area (Å²) in [6, 6.07) is 6.79. The first-order valence-electron chi connectivity index (χ1n) is 5.27. The van der Waals surface area contributed by atoms with Crippen LogP contribution in [-0.2, 0) is 10.4 Å². The van der Waals surface area contributed by atoms with Crippen LogP contribution in [0.1, 0.15) is 18.9 Å². The largest absolute Gasteiger partial charge is 0.481 e. The molecule has 2 N–H and O–H groups in total. The van der Waals surface area contributed by atoms with Gasteiger partial charge in [0.1, 0.15) is 6.33 Å². The molecule has 94 valence electrons. The Morgan fingerprint density at radius 1 is 1.50 bits per heavy atom. The zero-order valence-electron chi connectivity index (χ0n) is 9.69. The summed E-state index contributed by atoms with van der Waals surface area (Å²) in [5, 5.41) is 29.7. The van der Waals surface area contributed by atoms with Gasteiger partial charge in [-0.25, -0.2) is 4.68 Å². The van der Waals surface area contributed by atoms with E-state index in [0.29, 0.717) is 11.3 Å². The first-order valence-corrected chi connectivity index (χ1v) is 5.27. The highest BCUT2D eigenvalue weighted by Crippen LogP contribution is 2.25. The maximum absolute atomic E-state index is 10.7. The molecule has 0 aliphatic heterocycles. The van der Waals surface area contributed by atoms with Crippen LogP contribution < -0.4 is 0 Å². The number of hydrogen-bond acceptors (Lipinski definition) is 5. The van der Waals surface area contributed by atoms with E-state index >= 15 is 0 Å². The molecule has 1 heterocycles. The van der Waals surface area contributed by atoms with Gasteiger partial charge in [0.05, 0.1) is 17.7 Å². The topological polar surface area (TPSA) is 101 Å². The van der Waals surface area contributed by atoms with Crippen molar-refractivity contribution in [2.24, 2.45) is 0 Å². The first kappa shape index (κ1) is 12.2. The standard InChI is InChI=1S/C11H12N4O3/c1-11(18,6-10(16)17)8-3-2-4-9(5-8)15-7-12-13-14-15/h2-5,7,18H,6H2,1H3,(H,16,17). The Labute approximate surface area is 103 Å². The molecule has 2 rings (SSSR count). The van der Waals surface area contributed by atoms with Gasteiger partial charge in [0.2, 0.25) is 0 Å². The number of aromatic nitrogens is 4. The highest BCUT2D eigenvalue weighted by Gasteiger charge is 2.26. The number of aliphatic carboxylic acids is 1. The zero-order chi connectivity index (χ0) is 13.2. The van der Waals surface area contributed by atoms with Crippen molar-refractivity contribution < 1.29 is 15.0 Å². The number of hydrogen-bond donors (Lipinski definition) is 2. The van der Waals surface area contributed by atoms with Gasteiger partial charge < -0.3 is 10.2 Å². The maximum atomic E-state index is 10.7. The van der Waals surface area contributed by atoms with Crippen molar-refractivity contribution in [1.82, 2.24) is 20.2 Å². The molecule has 0 amide bonds. The summed E-state index contributed by atoms with van der Waals surface area (Å²) in [5.41, 5.74) is -0.281. The van der Waals surface area contributed by atoms with Crippen molar-refractivity contribution in [1.29, 1.82) is 0 Å². The van der Waals surface area contributed by atoms with Gasteiger partial charge in [-0.05, 0) is 35.0 Å². The predicted molar refractivity (Wildman–Crippen MR) is 61.0 cm³/mol. The number of tetrazole rings is 1. The summed E-state index contributed by atoms with van der Waals surface area (Å²) in [6.45, 7) is 1.46. The molecular formula is C11H12N4O3. The van der Waals surface area contributed by atoms with Gasteiger partial charge in [0.15, 0.2) is 0 Å². The Morgan fingerprint density at radius 3 is 2.89 bits per heavy atom. The molecular weight excluding hydrogens is 236 g/mol. The fourth-order valence-corrected chi connectivity index (χ4v) is 1.66. The smallest absolute Gasteiger partial charge is 0.306 e. The normalized spacial score (nSPS) is 14.1. The lowest BCUT2D eigenvalue weighted by molar-refractivity contribution is -0.142. The van der Waals surface area contributed by atoms with Gasteiger partial charge >= 0.3 is 5.97 Å². The summed E-state index contributed by atoms with van der Waals surface area (Å²) >= 11 is 0. The lowest BCUT2D eigenvalue weighted by Gasteiger charge is -2.22. The molecule has 0 aliphatic rings. The fraction of sp³-hybridized carbons (Fsp3) is 0.273. The van der Waals surface area contributed by atoms with E-state index in [0.717, 1.165) is 0 Å². The van der Waals surface area contributed by atoms with E-state index in [4.69, 9.17) is 5.11 Å². The van der Waals surface area contributed by atoms with E-state index in [1.54, 1.807) is 24.3 Å². The van der Waals surface area contributed by atoms with Gasteiger partial charge in [-0.2, -0.15) is 0 Å². The lowest BCUT2D eigenvalue weighted by atomic mass is 9.92. The lowest BCUT2D eigenvalue weighted by Crippen LogP contribution is -2.25. The van der Waals surface area contributed by atoms with Gasteiger partial charge in [0, 0.05) is 0 Å². The zero-order valence-corrected chi connectivity index (χ0v) is 9.69. The molecule has 0 saturated heterocycles. The number of carboxylic acids is 1. The van der Waals surface area contributed by atoms with Crippen molar-refractivity contribution in [3.05, 3.63) is 36.2 Å². The molecule has 18 heavy (non-hydrogen) atoms. The summed E-state index contributed by atoms with van der Waals surface area (Å²) in [7, 11) is 0. The molecule has 1 unspecified atom stereocenters. The Kier molecular flexibility index (Phi) is 3.07. The third kappa shape index (κ3) is 2.51. The Hall–Kier alpha value is -2.28. The molecule has 0 saturated carbocycles. The molecule has 0 bridgehead atoms. The monoisotopic (exact) mass is 248 g/mol. The highest BCUT2D eigenvalue weighted by atomic mass is 16.4. The fourth-order valence-electron chi connectivity index (χ4n) is 1.66. The molecule has 2 aromatic rings. The van der Waals surface area contributed by atoms with E-state index in [-0.39, 0.29) is 6.42 Å². The minimum atomic E-state index is -1.43. The van der Waals surface area contributed by atoms with E-state index in [1.807, 2.05) is 0 Å². The Bertz CT molecular complexity index is 551.